The monoisotopic (exact) mass is 245 g/mol. The lowest BCUT2D eigenvalue weighted by Crippen LogP contribution is -2.28. The van der Waals surface area contributed by atoms with Gasteiger partial charge in [0.05, 0.1) is 11.7 Å². The van der Waals surface area contributed by atoms with E-state index in [1.807, 2.05) is 0 Å². The number of fused-ring (bicyclic) bond motifs is 1. The molecule has 2 saturated carbocycles. The summed E-state index contributed by atoms with van der Waals surface area (Å²) in [5, 5.41) is 8.51. The maximum absolute atomic E-state index is 4.97. The first-order valence-corrected chi connectivity index (χ1v) is 7.60. The number of hydrogen-bond acceptors (Lipinski definition) is 2. The molecule has 2 fully saturated rings. The van der Waals surface area contributed by atoms with Crippen molar-refractivity contribution in [2.24, 2.45) is 5.41 Å². The Kier molecular flexibility index (Phi) is 2.27. The van der Waals surface area contributed by atoms with E-state index in [9.17, 15) is 0 Å². The molecule has 3 nitrogen and oxygen atoms in total. The molecule has 2 aliphatic carbocycles. The molecule has 0 radical (unpaired) electrons. The van der Waals surface area contributed by atoms with Crippen LogP contribution in [0.2, 0.25) is 0 Å². The average molecular weight is 245 g/mol. The minimum absolute atomic E-state index is 0.538. The predicted molar refractivity (Wildman–Crippen MR) is 72.9 cm³/mol. The fourth-order valence-electron chi connectivity index (χ4n) is 3.84. The van der Waals surface area contributed by atoms with Gasteiger partial charge in [-0.1, -0.05) is 19.8 Å². The highest BCUT2D eigenvalue weighted by molar-refractivity contribution is 5.41. The van der Waals surface area contributed by atoms with E-state index >= 15 is 0 Å². The van der Waals surface area contributed by atoms with Gasteiger partial charge in [-0.15, -0.1) is 0 Å². The lowest BCUT2D eigenvalue weighted by atomic mass is 9.95. The summed E-state index contributed by atoms with van der Waals surface area (Å²) in [7, 11) is 0. The molecule has 3 aliphatic rings. The van der Waals surface area contributed by atoms with Crippen LogP contribution < -0.4 is 5.32 Å². The van der Waals surface area contributed by atoms with Gasteiger partial charge >= 0.3 is 0 Å². The highest BCUT2D eigenvalue weighted by atomic mass is 15.4. The third kappa shape index (κ3) is 1.59. The molecule has 2 heterocycles. The molecule has 1 aromatic rings. The topological polar surface area (TPSA) is 29.9 Å². The molecule has 0 bridgehead atoms. The number of anilines is 1. The van der Waals surface area contributed by atoms with Gasteiger partial charge in [0.15, 0.2) is 0 Å². The summed E-state index contributed by atoms with van der Waals surface area (Å²) in [6.45, 7) is 3.56. The molecule has 0 spiro atoms. The van der Waals surface area contributed by atoms with Crippen molar-refractivity contribution in [3.05, 3.63) is 11.8 Å². The Morgan fingerprint density at radius 3 is 2.78 bits per heavy atom. The third-order valence-corrected chi connectivity index (χ3v) is 5.39. The molecule has 1 aliphatic heterocycles. The largest absolute Gasteiger partial charge is 0.370 e. The molecule has 1 N–H and O–H groups in total. The SMILES string of the molecule is CC1(C2CCNc3cc(C4CCCC4)nn32)CC1. The third-order valence-electron chi connectivity index (χ3n) is 5.39. The van der Waals surface area contributed by atoms with Gasteiger partial charge in [-0.05, 0) is 37.5 Å². The summed E-state index contributed by atoms with van der Waals surface area (Å²) in [5.74, 6) is 2.01. The summed E-state index contributed by atoms with van der Waals surface area (Å²) in [6, 6.07) is 2.97. The summed E-state index contributed by atoms with van der Waals surface area (Å²) in [6.07, 6.45) is 9.49. The van der Waals surface area contributed by atoms with E-state index in [4.69, 9.17) is 5.10 Å². The zero-order valence-corrected chi connectivity index (χ0v) is 11.3. The molecule has 4 rings (SSSR count). The smallest absolute Gasteiger partial charge is 0.124 e. The molecule has 1 unspecified atom stereocenters. The maximum Gasteiger partial charge on any atom is 0.124 e. The van der Waals surface area contributed by atoms with Crippen molar-refractivity contribution in [2.45, 2.75) is 63.8 Å². The summed E-state index contributed by atoms with van der Waals surface area (Å²) < 4.78 is 2.32. The van der Waals surface area contributed by atoms with Crippen molar-refractivity contribution in [1.82, 2.24) is 9.78 Å². The van der Waals surface area contributed by atoms with Crippen molar-refractivity contribution in [1.29, 1.82) is 0 Å². The van der Waals surface area contributed by atoms with Crippen molar-refractivity contribution in [2.75, 3.05) is 11.9 Å². The molecule has 18 heavy (non-hydrogen) atoms. The maximum atomic E-state index is 4.97. The molecule has 0 amide bonds. The van der Waals surface area contributed by atoms with E-state index in [1.165, 1.54) is 56.5 Å². The van der Waals surface area contributed by atoms with Crippen LogP contribution in [-0.4, -0.2) is 16.3 Å². The van der Waals surface area contributed by atoms with E-state index < -0.39 is 0 Å². The zero-order chi connectivity index (χ0) is 12.2. The highest BCUT2D eigenvalue weighted by Crippen LogP contribution is 2.56. The number of nitrogens with zero attached hydrogens (tertiary/aromatic N) is 2. The van der Waals surface area contributed by atoms with Crippen LogP contribution in [0, 0.1) is 5.41 Å². The molecular formula is C15H23N3. The number of aromatic nitrogens is 2. The second kappa shape index (κ2) is 3.75. The van der Waals surface area contributed by atoms with Crippen LogP contribution in [0.5, 0.6) is 0 Å². The Morgan fingerprint density at radius 1 is 1.28 bits per heavy atom. The van der Waals surface area contributed by atoms with Crippen molar-refractivity contribution in [3.8, 4) is 0 Å². The molecule has 0 aromatic carbocycles. The summed E-state index contributed by atoms with van der Waals surface area (Å²) >= 11 is 0. The quantitative estimate of drug-likeness (QED) is 0.861. The molecule has 3 heteroatoms. The standard InChI is InChI=1S/C15H23N3/c1-15(7-8-15)13-6-9-16-14-10-12(17-18(13)14)11-4-2-3-5-11/h10-11,13,16H,2-9H2,1H3. The fourth-order valence-corrected chi connectivity index (χ4v) is 3.84. The minimum atomic E-state index is 0.538. The second-order valence-electron chi connectivity index (χ2n) is 6.77. The number of hydrogen-bond donors (Lipinski definition) is 1. The predicted octanol–water partition coefficient (Wildman–Crippen LogP) is 3.70. The minimum Gasteiger partial charge on any atom is -0.370 e. The van der Waals surface area contributed by atoms with E-state index in [0.29, 0.717) is 11.5 Å². The van der Waals surface area contributed by atoms with Gasteiger partial charge in [-0.25, -0.2) is 4.68 Å². The lowest BCUT2D eigenvalue weighted by Gasteiger charge is -2.30. The molecule has 98 valence electrons. The average Bonchev–Trinajstić information content (AvgIpc) is 2.88. The normalized spacial score (nSPS) is 29.9. The summed E-state index contributed by atoms with van der Waals surface area (Å²) in [5.41, 5.74) is 1.89. The number of rotatable bonds is 2. The summed E-state index contributed by atoms with van der Waals surface area (Å²) in [4.78, 5) is 0. The lowest BCUT2D eigenvalue weighted by molar-refractivity contribution is 0.283. The van der Waals surface area contributed by atoms with Crippen molar-refractivity contribution in [3.63, 3.8) is 0 Å². The second-order valence-corrected chi connectivity index (χ2v) is 6.77. The first kappa shape index (κ1) is 10.9. The van der Waals surface area contributed by atoms with E-state index in [-0.39, 0.29) is 0 Å². The molecule has 0 saturated heterocycles. The Morgan fingerprint density at radius 2 is 2.06 bits per heavy atom. The van der Waals surface area contributed by atoms with E-state index in [0.717, 1.165) is 12.5 Å². The van der Waals surface area contributed by atoms with Crippen LogP contribution in [0.1, 0.15) is 69.5 Å². The first-order chi connectivity index (χ1) is 8.76. The van der Waals surface area contributed by atoms with Crippen LogP contribution in [0.4, 0.5) is 5.82 Å². The highest BCUT2D eigenvalue weighted by Gasteiger charge is 2.47. The van der Waals surface area contributed by atoms with Crippen LogP contribution in [-0.2, 0) is 0 Å². The zero-order valence-electron chi connectivity index (χ0n) is 11.3. The van der Waals surface area contributed by atoms with Gasteiger partial charge in [0.25, 0.3) is 0 Å². The van der Waals surface area contributed by atoms with Crippen LogP contribution in [0.25, 0.3) is 0 Å². The fraction of sp³-hybridized carbons (Fsp3) is 0.800. The van der Waals surface area contributed by atoms with Gasteiger partial charge in [0.1, 0.15) is 5.82 Å². The van der Waals surface area contributed by atoms with E-state index in [2.05, 4.69) is 23.0 Å². The first-order valence-electron chi connectivity index (χ1n) is 7.60. The Labute approximate surface area is 109 Å². The number of nitrogens with one attached hydrogen (secondary N) is 1. The van der Waals surface area contributed by atoms with Crippen molar-refractivity contribution < 1.29 is 0 Å². The Bertz CT molecular complexity index is 452. The van der Waals surface area contributed by atoms with Crippen LogP contribution >= 0.6 is 0 Å². The Balaban J connectivity index is 1.67. The van der Waals surface area contributed by atoms with Crippen LogP contribution in [0.15, 0.2) is 6.07 Å². The van der Waals surface area contributed by atoms with E-state index in [1.54, 1.807) is 0 Å². The molecular weight excluding hydrogens is 222 g/mol. The Hall–Kier alpha value is -0.990. The van der Waals surface area contributed by atoms with Gasteiger partial charge in [-0.2, -0.15) is 5.10 Å². The van der Waals surface area contributed by atoms with Gasteiger partial charge in [0.2, 0.25) is 0 Å². The van der Waals surface area contributed by atoms with Gasteiger partial charge < -0.3 is 5.32 Å². The van der Waals surface area contributed by atoms with Crippen LogP contribution in [0.3, 0.4) is 0 Å². The van der Waals surface area contributed by atoms with Crippen molar-refractivity contribution >= 4 is 5.82 Å². The molecule has 1 atom stereocenters. The molecule has 1 aromatic heterocycles. The van der Waals surface area contributed by atoms with Gasteiger partial charge in [-0.3, -0.25) is 0 Å². The van der Waals surface area contributed by atoms with Gasteiger partial charge in [0, 0.05) is 18.5 Å².